The van der Waals surface area contributed by atoms with Crippen LogP contribution in [0.4, 0.5) is 4.39 Å². The van der Waals surface area contributed by atoms with Gasteiger partial charge >= 0.3 is 0 Å². The van der Waals surface area contributed by atoms with Crippen molar-refractivity contribution in [1.29, 1.82) is 0 Å². The molecule has 2 N–H and O–H groups in total. The Labute approximate surface area is 131 Å². The van der Waals surface area contributed by atoms with Crippen LogP contribution in [-0.2, 0) is 6.54 Å². The van der Waals surface area contributed by atoms with Gasteiger partial charge in [-0.25, -0.2) is 4.39 Å². The van der Waals surface area contributed by atoms with Crippen molar-refractivity contribution in [2.75, 3.05) is 33.7 Å². The molecule has 0 aromatic heterocycles. The Morgan fingerprint density at radius 1 is 1.38 bits per heavy atom. The van der Waals surface area contributed by atoms with E-state index < -0.39 is 0 Å². The smallest absolute Gasteiger partial charge is 0.128 e. The molecule has 21 heavy (non-hydrogen) atoms. The van der Waals surface area contributed by atoms with E-state index in [1.807, 2.05) is 0 Å². The van der Waals surface area contributed by atoms with Crippen LogP contribution in [0.2, 0.25) is 0 Å². The first kappa shape index (κ1) is 16.3. The Balaban J connectivity index is 1.90. The average molecular weight is 309 g/mol. The number of thiocarbonyl (C=S) groups is 1. The van der Waals surface area contributed by atoms with Crippen LogP contribution in [0.5, 0.6) is 0 Å². The summed E-state index contributed by atoms with van der Waals surface area (Å²) >= 11 is 4.87. The molecular formula is C16H24FN3S. The Hall–Kier alpha value is -1.04. The van der Waals surface area contributed by atoms with Crippen molar-refractivity contribution in [2.24, 2.45) is 11.7 Å². The van der Waals surface area contributed by atoms with Crippen molar-refractivity contribution in [1.82, 2.24) is 9.80 Å². The van der Waals surface area contributed by atoms with Gasteiger partial charge in [-0.15, -0.1) is 0 Å². The van der Waals surface area contributed by atoms with Gasteiger partial charge in [0.05, 0.1) is 0 Å². The molecule has 1 saturated heterocycles. The SMILES string of the molecule is CN(C)CC1CCN(Cc2ccc(C(N)=S)cc2F)CC1. The summed E-state index contributed by atoms with van der Waals surface area (Å²) in [6, 6.07) is 5.05. The molecule has 116 valence electrons. The first-order chi connectivity index (χ1) is 9.95. The Morgan fingerprint density at radius 3 is 2.57 bits per heavy atom. The highest BCUT2D eigenvalue weighted by Gasteiger charge is 2.20. The molecule has 0 amide bonds. The predicted octanol–water partition coefficient (Wildman–Crippen LogP) is 2.23. The van der Waals surface area contributed by atoms with Crippen LogP contribution in [0.3, 0.4) is 0 Å². The topological polar surface area (TPSA) is 32.5 Å². The van der Waals surface area contributed by atoms with Gasteiger partial charge in [0, 0.05) is 24.2 Å². The molecule has 3 nitrogen and oxygen atoms in total. The zero-order valence-corrected chi connectivity index (χ0v) is 13.6. The molecular weight excluding hydrogens is 285 g/mol. The molecule has 1 aliphatic heterocycles. The maximum Gasteiger partial charge on any atom is 0.128 e. The van der Waals surface area contributed by atoms with E-state index in [0.717, 1.165) is 31.1 Å². The Kier molecular flexibility index (Phi) is 5.67. The van der Waals surface area contributed by atoms with E-state index >= 15 is 0 Å². The van der Waals surface area contributed by atoms with E-state index in [0.29, 0.717) is 12.1 Å². The normalized spacial score (nSPS) is 17.3. The third kappa shape index (κ3) is 4.73. The molecule has 0 aliphatic carbocycles. The summed E-state index contributed by atoms with van der Waals surface area (Å²) in [7, 11) is 4.23. The monoisotopic (exact) mass is 309 g/mol. The second-order valence-electron chi connectivity index (χ2n) is 6.15. The van der Waals surface area contributed by atoms with E-state index in [1.165, 1.54) is 18.9 Å². The average Bonchev–Trinajstić information content (AvgIpc) is 2.42. The number of hydrogen-bond donors (Lipinski definition) is 1. The molecule has 0 spiro atoms. The predicted molar refractivity (Wildman–Crippen MR) is 88.8 cm³/mol. The van der Waals surface area contributed by atoms with Gasteiger partial charge in [-0.2, -0.15) is 0 Å². The van der Waals surface area contributed by atoms with Crippen molar-refractivity contribution >= 4 is 17.2 Å². The highest BCUT2D eigenvalue weighted by atomic mass is 32.1. The van der Waals surface area contributed by atoms with Crippen molar-refractivity contribution in [3.63, 3.8) is 0 Å². The highest BCUT2D eigenvalue weighted by molar-refractivity contribution is 7.80. The van der Waals surface area contributed by atoms with E-state index in [-0.39, 0.29) is 10.8 Å². The summed E-state index contributed by atoms with van der Waals surface area (Å²) in [4.78, 5) is 4.81. The summed E-state index contributed by atoms with van der Waals surface area (Å²) in [5.41, 5.74) is 6.84. The molecule has 0 unspecified atom stereocenters. The maximum absolute atomic E-state index is 14.1. The Morgan fingerprint density at radius 2 is 2.05 bits per heavy atom. The number of nitrogens with zero attached hydrogens (tertiary/aromatic N) is 2. The van der Waals surface area contributed by atoms with Crippen LogP contribution in [0, 0.1) is 11.7 Å². The van der Waals surface area contributed by atoms with Gasteiger partial charge in [0.1, 0.15) is 10.8 Å². The molecule has 1 aromatic rings. The third-order valence-corrected chi connectivity index (χ3v) is 4.30. The largest absolute Gasteiger partial charge is 0.389 e. The summed E-state index contributed by atoms with van der Waals surface area (Å²) in [5.74, 6) is 0.550. The standard InChI is InChI=1S/C16H24FN3S/c1-19(2)10-12-5-7-20(8-6-12)11-14-4-3-13(16(18)21)9-15(14)17/h3-4,9,12H,5-8,10-11H2,1-2H3,(H2,18,21). The van der Waals surface area contributed by atoms with Gasteiger partial charge in [0.15, 0.2) is 0 Å². The van der Waals surface area contributed by atoms with Crippen molar-refractivity contribution in [2.45, 2.75) is 19.4 Å². The minimum absolute atomic E-state index is 0.212. The van der Waals surface area contributed by atoms with Gasteiger partial charge in [-0.05, 0) is 52.0 Å². The molecule has 0 radical (unpaired) electrons. The number of benzene rings is 1. The molecule has 5 heteroatoms. The first-order valence-corrected chi connectivity index (χ1v) is 7.82. The van der Waals surface area contributed by atoms with Gasteiger partial charge in [-0.1, -0.05) is 24.4 Å². The van der Waals surface area contributed by atoms with E-state index in [4.69, 9.17) is 18.0 Å². The Bertz CT molecular complexity index is 496. The van der Waals surface area contributed by atoms with E-state index in [9.17, 15) is 4.39 Å². The molecule has 1 heterocycles. The number of rotatable bonds is 5. The van der Waals surface area contributed by atoms with Crippen LogP contribution >= 0.6 is 12.2 Å². The lowest BCUT2D eigenvalue weighted by Crippen LogP contribution is -2.36. The lowest BCUT2D eigenvalue weighted by molar-refractivity contribution is 0.155. The second-order valence-corrected chi connectivity index (χ2v) is 6.59. The van der Waals surface area contributed by atoms with Gasteiger partial charge in [0.25, 0.3) is 0 Å². The quantitative estimate of drug-likeness (QED) is 0.846. The zero-order chi connectivity index (χ0) is 15.4. The molecule has 0 atom stereocenters. The van der Waals surface area contributed by atoms with Crippen molar-refractivity contribution in [3.05, 3.63) is 35.1 Å². The van der Waals surface area contributed by atoms with Gasteiger partial charge in [-0.3, -0.25) is 4.90 Å². The zero-order valence-electron chi connectivity index (χ0n) is 12.8. The molecule has 1 aliphatic rings. The molecule has 0 saturated carbocycles. The molecule has 1 fully saturated rings. The number of likely N-dealkylation sites (tertiary alicyclic amines) is 1. The number of nitrogens with two attached hydrogens (primary N) is 1. The van der Waals surface area contributed by atoms with Crippen LogP contribution < -0.4 is 5.73 Å². The van der Waals surface area contributed by atoms with Crippen molar-refractivity contribution < 1.29 is 4.39 Å². The number of halogens is 1. The summed E-state index contributed by atoms with van der Waals surface area (Å²) < 4.78 is 14.1. The van der Waals surface area contributed by atoms with Crippen molar-refractivity contribution in [3.8, 4) is 0 Å². The summed E-state index contributed by atoms with van der Waals surface area (Å²) in [6.07, 6.45) is 2.37. The molecule has 1 aromatic carbocycles. The van der Waals surface area contributed by atoms with Crippen LogP contribution in [0.15, 0.2) is 18.2 Å². The number of hydrogen-bond acceptors (Lipinski definition) is 3. The van der Waals surface area contributed by atoms with Crippen LogP contribution in [0.25, 0.3) is 0 Å². The second kappa shape index (κ2) is 7.29. The maximum atomic E-state index is 14.1. The summed E-state index contributed by atoms with van der Waals surface area (Å²) in [6.45, 7) is 3.88. The fourth-order valence-corrected chi connectivity index (χ4v) is 3.04. The molecule has 2 rings (SSSR count). The van der Waals surface area contributed by atoms with Gasteiger partial charge in [0.2, 0.25) is 0 Å². The lowest BCUT2D eigenvalue weighted by Gasteiger charge is -2.33. The minimum Gasteiger partial charge on any atom is -0.389 e. The van der Waals surface area contributed by atoms with E-state index in [2.05, 4.69) is 23.9 Å². The minimum atomic E-state index is -0.212. The lowest BCUT2D eigenvalue weighted by atomic mass is 9.96. The fourth-order valence-electron chi connectivity index (χ4n) is 2.91. The molecule has 0 bridgehead atoms. The third-order valence-electron chi connectivity index (χ3n) is 4.06. The first-order valence-electron chi connectivity index (χ1n) is 7.41. The fraction of sp³-hybridized carbons (Fsp3) is 0.562. The van der Waals surface area contributed by atoms with Gasteiger partial charge < -0.3 is 10.6 Å². The van der Waals surface area contributed by atoms with Crippen LogP contribution in [-0.4, -0.2) is 48.5 Å². The van der Waals surface area contributed by atoms with E-state index in [1.54, 1.807) is 12.1 Å². The highest BCUT2D eigenvalue weighted by Crippen LogP contribution is 2.21. The number of piperidine rings is 1. The van der Waals surface area contributed by atoms with Crippen LogP contribution in [0.1, 0.15) is 24.0 Å². The summed E-state index contributed by atoms with van der Waals surface area (Å²) in [5, 5.41) is 0.